The first-order valence-corrected chi connectivity index (χ1v) is 13.3. The average Bonchev–Trinajstić information content (AvgIpc) is 3.63. The van der Waals surface area contributed by atoms with E-state index in [1.807, 2.05) is 0 Å². The van der Waals surface area contributed by atoms with E-state index in [0.29, 0.717) is 23.9 Å². The molecular formula is C27H36N6O. The normalized spacial score (nSPS) is 33.2. The summed E-state index contributed by atoms with van der Waals surface area (Å²) in [5.74, 6) is 0.729. The summed E-state index contributed by atoms with van der Waals surface area (Å²) in [6.07, 6.45) is 8.60. The second kappa shape index (κ2) is 8.09. The van der Waals surface area contributed by atoms with Crippen LogP contribution in [0.15, 0.2) is 35.6 Å². The van der Waals surface area contributed by atoms with Crippen molar-refractivity contribution in [2.75, 3.05) is 50.7 Å². The number of amides is 1. The van der Waals surface area contributed by atoms with Gasteiger partial charge < -0.3 is 9.80 Å². The van der Waals surface area contributed by atoms with Crippen molar-refractivity contribution in [3.63, 3.8) is 0 Å². The maximum absolute atomic E-state index is 12.4. The Hall–Kier alpha value is -2.38. The fourth-order valence-corrected chi connectivity index (χ4v) is 6.78. The molecule has 3 saturated heterocycles. The van der Waals surface area contributed by atoms with Crippen molar-refractivity contribution < 1.29 is 4.79 Å². The largest absolute Gasteiger partial charge is 0.364 e. The number of nitrogens with zero attached hydrogens (tertiary/aromatic N) is 6. The maximum Gasteiger partial charge on any atom is 0.225 e. The lowest BCUT2D eigenvalue weighted by atomic mass is 9.85. The molecule has 0 bridgehead atoms. The van der Waals surface area contributed by atoms with Crippen LogP contribution in [0.4, 0.5) is 5.69 Å². The topological polar surface area (TPSA) is 45.6 Å². The lowest BCUT2D eigenvalue weighted by Gasteiger charge is -2.63. The minimum Gasteiger partial charge on any atom is -0.364 e. The van der Waals surface area contributed by atoms with Gasteiger partial charge in [0.15, 0.2) is 0 Å². The van der Waals surface area contributed by atoms with Gasteiger partial charge in [0.1, 0.15) is 0 Å². The van der Waals surface area contributed by atoms with E-state index in [9.17, 15) is 4.79 Å². The fraction of sp³-hybridized carbons (Fsp3) is 0.630. The molecule has 0 aromatic heterocycles. The Kier molecular flexibility index (Phi) is 4.99. The van der Waals surface area contributed by atoms with Gasteiger partial charge in [0.25, 0.3) is 0 Å². The molecule has 180 valence electrons. The van der Waals surface area contributed by atoms with Gasteiger partial charge in [0.05, 0.1) is 12.1 Å². The summed E-state index contributed by atoms with van der Waals surface area (Å²) >= 11 is 0. The smallest absolute Gasteiger partial charge is 0.225 e. The fourth-order valence-electron chi connectivity index (χ4n) is 6.78. The Labute approximate surface area is 202 Å². The highest BCUT2D eigenvalue weighted by Gasteiger charge is 2.50. The van der Waals surface area contributed by atoms with Crippen molar-refractivity contribution in [1.29, 1.82) is 0 Å². The van der Waals surface area contributed by atoms with Gasteiger partial charge in [-0.15, -0.1) is 0 Å². The van der Waals surface area contributed by atoms with E-state index in [1.165, 1.54) is 36.5 Å². The third kappa shape index (κ3) is 3.39. The predicted molar refractivity (Wildman–Crippen MR) is 135 cm³/mol. The zero-order chi connectivity index (χ0) is 22.8. The molecule has 1 amide bonds. The van der Waals surface area contributed by atoms with Crippen molar-refractivity contribution in [2.45, 2.75) is 56.8 Å². The Morgan fingerprint density at radius 1 is 0.971 bits per heavy atom. The average molecular weight is 461 g/mol. The van der Waals surface area contributed by atoms with E-state index in [-0.39, 0.29) is 0 Å². The molecule has 7 nitrogen and oxygen atoms in total. The molecule has 0 spiro atoms. The number of piperazine rings is 2. The van der Waals surface area contributed by atoms with E-state index in [4.69, 9.17) is 5.10 Å². The van der Waals surface area contributed by atoms with Crippen LogP contribution in [0.5, 0.6) is 0 Å². The lowest BCUT2D eigenvalue weighted by Crippen LogP contribution is -2.78. The van der Waals surface area contributed by atoms with Crippen LogP contribution in [0.3, 0.4) is 0 Å². The van der Waals surface area contributed by atoms with Gasteiger partial charge in [0, 0.05) is 81.8 Å². The molecule has 1 aromatic carbocycles. The molecule has 4 atom stereocenters. The van der Waals surface area contributed by atoms with E-state index < -0.39 is 0 Å². The molecule has 5 aliphatic heterocycles. The first-order valence-electron chi connectivity index (χ1n) is 13.3. The standard InChI is InChI=1S/C27H36N6O/c1-2-29-17-26-25(29)18-32(26)22-7-5-19(6-8-22)21-15-24-23(9-10-28-33(24)16-21)30-11-13-31(14-12-30)27(34)20-3-4-20/h5-8,10,16,20,23-26H,2-4,9,11-15,17-18H2,1H3/t23?,24?,25-,26?/m1/s1. The molecule has 0 N–H and O–H groups in total. The molecule has 1 aliphatic carbocycles. The second-order valence-corrected chi connectivity index (χ2v) is 11.0. The van der Waals surface area contributed by atoms with Gasteiger partial charge in [-0.3, -0.25) is 19.6 Å². The molecule has 7 heteroatoms. The maximum atomic E-state index is 12.4. The minimum absolute atomic E-state index is 0.333. The third-order valence-corrected chi connectivity index (χ3v) is 9.18. The highest BCUT2D eigenvalue weighted by molar-refractivity contribution is 5.81. The van der Waals surface area contributed by atoms with E-state index >= 15 is 0 Å². The number of likely N-dealkylation sites (tertiary alicyclic amines) is 1. The highest BCUT2D eigenvalue weighted by Crippen LogP contribution is 2.39. The first-order chi connectivity index (χ1) is 16.7. The summed E-state index contributed by atoms with van der Waals surface area (Å²) in [4.78, 5) is 22.3. The number of hydrazone groups is 1. The third-order valence-electron chi connectivity index (χ3n) is 9.18. The Morgan fingerprint density at radius 3 is 2.44 bits per heavy atom. The van der Waals surface area contributed by atoms with Crippen LogP contribution < -0.4 is 4.90 Å². The van der Waals surface area contributed by atoms with Crippen LogP contribution in [0.1, 0.15) is 38.2 Å². The Bertz CT molecular complexity index is 1010. The van der Waals surface area contributed by atoms with Crippen molar-refractivity contribution in [3.8, 4) is 0 Å². The number of benzene rings is 1. The number of carbonyl (C=O) groups is 1. The van der Waals surface area contributed by atoms with Crippen LogP contribution in [0.2, 0.25) is 0 Å². The van der Waals surface area contributed by atoms with Gasteiger partial charge in [-0.25, -0.2) is 0 Å². The van der Waals surface area contributed by atoms with Gasteiger partial charge in [-0.05, 0) is 49.1 Å². The van der Waals surface area contributed by atoms with Crippen molar-refractivity contribution >= 4 is 23.4 Å². The SMILES string of the molecule is CCN1CC2[C@H]1CN2c1ccc(C2=CN3N=CCC(N4CCN(C(=O)C5CC5)CC4)C3C2)cc1. The monoisotopic (exact) mass is 460 g/mol. The molecule has 3 unspecified atom stereocenters. The van der Waals surface area contributed by atoms with Crippen LogP contribution in [-0.4, -0.2) is 102 Å². The summed E-state index contributed by atoms with van der Waals surface area (Å²) in [6.45, 7) is 9.56. The number of likely N-dealkylation sites (N-methyl/N-ethyl adjacent to an activating group) is 1. The Balaban J connectivity index is 0.985. The summed E-state index contributed by atoms with van der Waals surface area (Å²) in [5.41, 5.74) is 4.09. The summed E-state index contributed by atoms with van der Waals surface area (Å²) < 4.78 is 0. The molecule has 7 rings (SSSR count). The number of hydrogen-bond donors (Lipinski definition) is 0. The van der Waals surface area contributed by atoms with Crippen molar-refractivity contribution in [3.05, 3.63) is 36.0 Å². The van der Waals surface area contributed by atoms with Crippen LogP contribution in [0, 0.1) is 5.92 Å². The van der Waals surface area contributed by atoms with E-state index in [2.05, 4.69) is 68.2 Å². The lowest BCUT2D eigenvalue weighted by molar-refractivity contribution is -0.134. The highest BCUT2D eigenvalue weighted by atomic mass is 16.2. The summed E-state index contributed by atoms with van der Waals surface area (Å²) in [5, 5.41) is 6.93. The number of rotatable bonds is 5. The van der Waals surface area contributed by atoms with Crippen molar-refractivity contribution in [1.82, 2.24) is 19.7 Å². The molecule has 1 saturated carbocycles. The van der Waals surface area contributed by atoms with Crippen molar-refractivity contribution in [2.24, 2.45) is 11.0 Å². The Morgan fingerprint density at radius 2 is 1.76 bits per heavy atom. The van der Waals surface area contributed by atoms with Gasteiger partial charge in [0.2, 0.25) is 5.91 Å². The molecule has 5 heterocycles. The second-order valence-electron chi connectivity index (χ2n) is 11.0. The first kappa shape index (κ1) is 20.9. The van der Waals surface area contributed by atoms with E-state index in [0.717, 1.165) is 63.9 Å². The van der Waals surface area contributed by atoms with Gasteiger partial charge in [-0.2, -0.15) is 5.10 Å². The minimum atomic E-state index is 0.333. The zero-order valence-corrected chi connectivity index (χ0v) is 20.2. The van der Waals surface area contributed by atoms with E-state index in [1.54, 1.807) is 0 Å². The molecule has 6 aliphatic rings. The summed E-state index contributed by atoms with van der Waals surface area (Å²) in [6, 6.07) is 11.6. The van der Waals surface area contributed by atoms with Crippen LogP contribution in [-0.2, 0) is 4.79 Å². The predicted octanol–water partition coefficient (Wildman–Crippen LogP) is 2.31. The van der Waals surface area contributed by atoms with Gasteiger partial charge >= 0.3 is 0 Å². The number of carbonyl (C=O) groups excluding carboxylic acids is 1. The molecule has 4 fully saturated rings. The van der Waals surface area contributed by atoms with Gasteiger partial charge in [-0.1, -0.05) is 19.1 Å². The zero-order valence-electron chi connectivity index (χ0n) is 20.2. The van der Waals surface area contributed by atoms with Crippen LogP contribution in [0.25, 0.3) is 5.57 Å². The molecule has 1 aromatic rings. The number of anilines is 1. The number of fused-ring (bicyclic) bond motifs is 2. The summed E-state index contributed by atoms with van der Waals surface area (Å²) in [7, 11) is 0. The molecule has 0 radical (unpaired) electrons. The van der Waals surface area contributed by atoms with Crippen LogP contribution >= 0.6 is 0 Å². The quantitative estimate of drug-likeness (QED) is 0.675. The molecular weight excluding hydrogens is 424 g/mol. The molecule has 34 heavy (non-hydrogen) atoms. The number of hydrogen-bond acceptors (Lipinski definition) is 6.